The van der Waals surface area contributed by atoms with Crippen LogP contribution in [0, 0.1) is 11.3 Å². The van der Waals surface area contributed by atoms with Gasteiger partial charge < -0.3 is 15.8 Å². The van der Waals surface area contributed by atoms with Gasteiger partial charge >= 0.3 is 5.97 Å². The molecule has 0 spiro atoms. The number of benzene rings is 1. The molecule has 4 nitrogen and oxygen atoms in total. The van der Waals surface area contributed by atoms with E-state index in [0.29, 0.717) is 23.3 Å². The minimum absolute atomic E-state index is 0.293. The van der Waals surface area contributed by atoms with Gasteiger partial charge in [0.2, 0.25) is 0 Å². The van der Waals surface area contributed by atoms with Gasteiger partial charge in [0.15, 0.2) is 0 Å². The molecule has 0 radical (unpaired) electrons. The molecular weight excluding hydrogens is 252 g/mol. The van der Waals surface area contributed by atoms with Crippen LogP contribution in [0.1, 0.15) is 43.0 Å². The highest BCUT2D eigenvalue weighted by atomic mass is 16.5. The fourth-order valence-corrected chi connectivity index (χ4v) is 2.91. The van der Waals surface area contributed by atoms with E-state index in [1.165, 1.54) is 25.7 Å². The van der Waals surface area contributed by atoms with Crippen LogP contribution in [0.5, 0.6) is 0 Å². The van der Waals surface area contributed by atoms with Crippen molar-refractivity contribution >= 4 is 17.3 Å². The van der Waals surface area contributed by atoms with E-state index in [1.807, 2.05) is 0 Å². The monoisotopic (exact) mass is 274 g/mol. The molecule has 0 aliphatic heterocycles. The summed E-state index contributed by atoms with van der Waals surface area (Å²) in [6.45, 7) is 3.16. The van der Waals surface area contributed by atoms with Crippen molar-refractivity contribution < 1.29 is 9.53 Å². The lowest BCUT2D eigenvalue weighted by Crippen LogP contribution is -2.18. The summed E-state index contributed by atoms with van der Waals surface area (Å²) < 4.78 is 5.02. The zero-order chi connectivity index (χ0) is 14.2. The van der Waals surface area contributed by atoms with Crippen LogP contribution in [0.15, 0.2) is 18.2 Å². The zero-order valence-electron chi connectivity index (χ0n) is 11.9. The standard InChI is InChI=1S/C16H22N2O2/c1-2-20-15(19)11-3-6-13(17)14(9-11)18-10-16(7-8-16)12-4-5-12/h3,6,9,12,18H,2,4-5,7-8,10,17H2,1H3. The number of nitrogens with two attached hydrogens (primary N) is 1. The van der Waals surface area contributed by atoms with Crippen LogP contribution >= 0.6 is 0 Å². The Kier molecular flexibility index (Phi) is 3.32. The fourth-order valence-electron chi connectivity index (χ4n) is 2.91. The molecule has 3 N–H and O–H groups in total. The van der Waals surface area contributed by atoms with Crippen LogP contribution in [-0.4, -0.2) is 19.1 Å². The molecule has 20 heavy (non-hydrogen) atoms. The smallest absolute Gasteiger partial charge is 0.338 e. The lowest BCUT2D eigenvalue weighted by molar-refractivity contribution is 0.0526. The molecule has 0 saturated heterocycles. The minimum atomic E-state index is -0.293. The van der Waals surface area contributed by atoms with Gasteiger partial charge in [-0.25, -0.2) is 4.79 Å². The molecule has 0 amide bonds. The average Bonchev–Trinajstić information content (AvgIpc) is 3.30. The van der Waals surface area contributed by atoms with Gasteiger partial charge in [-0.05, 0) is 62.1 Å². The number of carbonyl (C=O) groups excluding carboxylic acids is 1. The number of hydrogen-bond acceptors (Lipinski definition) is 4. The largest absolute Gasteiger partial charge is 0.462 e. The number of nitrogen functional groups attached to an aromatic ring is 1. The number of esters is 1. The molecule has 2 aliphatic carbocycles. The van der Waals surface area contributed by atoms with Crippen LogP contribution in [0.25, 0.3) is 0 Å². The Bertz CT molecular complexity index is 519. The summed E-state index contributed by atoms with van der Waals surface area (Å²) >= 11 is 0. The molecule has 4 heteroatoms. The van der Waals surface area contributed by atoms with E-state index >= 15 is 0 Å². The van der Waals surface area contributed by atoms with Gasteiger partial charge in [-0.1, -0.05) is 0 Å². The second kappa shape index (κ2) is 5.00. The van der Waals surface area contributed by atoms with Gasteiger partial charge in [-0.15, -0.1) is 0 Å². The fraction of sp³-hybridized carbons (Fsp3) is 0.562. The Hall–Kier alpha value is -1.71. The predicted octanol–water partition coefficient (Wildman–Crippen LogP) is 3.05. The Morgan fingerprint density at radius 3 is 2.80 bits per heavy atom. The van der Waals surface area contributed by atoms with Crippen LogP contribution in [0.2, 0.25) is 0 Å². The maximum absolute atomic E-state index is 11.7. The Labute approximate surface area is 119 Å². The van der Waals surface area contributed by atoms with E-state index in [-0.39, 0.29) is 5.97 Å². The van der Waals surface area contributed by atoms with Crippen molar-refractivity contribution in [2.75, 3.05) is 24.2 Å². The second-order valence-electron chi connectivity index (χ2n) is 6.01. The minimum Gasteiger partial charge on any atom is -0.462 e. The number of anilines is 2. The van der Waals surface area contributed by atoms with Crippen molar-refractivity contribution in [3.63, 3.8) is 0 Å². The molecule has 2 aliphatic rings. The third-order valence-corrected chi connectivity index (χ3v) is 4.53. The molecule has 0 bridgehead atoms. The first-order valence-corrected chi connectivity index (χ1v) is 7.45. The van der Waals surface area contributed by atoms with E-state index in [2.05, 4.69) is 5.32 Å². The summed E-state index contributed by atoms with van der Waals surface area (Å²) in [4.78, 5) is 11.7. The van der Waals surface area contributed by atoms with Crippen LogP contribution < -0.4 is 11.1 Å². The molecular formula is C16H22N2O2. The SMILES string of the molecule is CCOC(=O)c1ccc(N)c(NCC2(C3CC3)CC2)c1. The highest BCUT2D eigenvalue weighted by Crippen LogP contribution is 2.61. The quantitative estimate of drug-likeness (QED) is 0.618. The van der Waals surface area contributed by atoms with Gasteiger partial charge in [0.1, 0.15) is 0 Å². The van der Waals surface area contributed by atoms with Crippen molar-refractivity contribution in [2.24, 2.45) is 11.3 Å². The zero-order valence-corrected chi connectivity index (χ0v) is 11.9. The summed E-state index contributed by atoms with van der Waals surface area (Å²) in [7, 11) is 0. The lowest BCUT2D eigenvalue weighted by Gasteiger charge is -2.17. The normalized spacial score (nSPS) is 19.4. The molecule has 3 rings (SSSR count). The number of rotatable bonds is 6. The Morgan fingerprint density at radius 2 is 2.20 bits per heavy atom. The number of ether oxygens (including phenoxy) is 1. The molecule has 2 fully saturated rings. The topological polar surface area (TPSA) is 64.3 Å². The highest BCUT2D eigenvalue weighted by molar-refractivity contribution is 5.92. The number of nitrogens with one attached hydrogen (secondary N) is 1. The van der Waals surface area contributed by atoms with Gasteiger partial charge in [0.05, 0.1) is 23.5 Å². The Balaban J connectivity index is 1.68. The summed E-state index contributed by atoms with van der Waals surface area (Å²) in [5.41, 5.74) is 8.59. The molecule has 1 aromatic carbocycles. The van der Waals surface area contributed by atoms with Crippen molar-refractivity contribution in [1.82, 2.24) is 0 Å². The van der Waals surface area contributed by atoms with E-state index in [1.54, 1.807) is 25.1 Å². The summed E-state index contributed by atoms with van der Waals surface area (Å²) in [5, 5.41) is 3.44. The summed E-state index contributed by atoms with van der Waals surface area (Å²) in [6.07, 6.45) is 5.39. The van der Waals surface area contributed by atoms with Crippen molar-refractivity contribution in [2.45, 2.75) is 32.6 Å². The Morgan fingerprint density at radius 1 is 1.45 bits per heavy atom. The lowest BCUT2D eigenvalue weighted by atomic mass is 10.0. The van der Waals surface area contributed by atoms with E-state index in [9.17, 15) is 4.79 Å². The maximum Gasteiger partial charge on any atom is 0.338 e. The van der Waals surface area contributed by atoms with Gasteiger partial charge in [-0.3, -0.25) is 0 Å². The van der Waals surface area contributed by atoms with Gasteiger partial charge in [0.25, 0.3) is 0 Å². The molecule has 0 heterocycles. The summed E-state index contributed by atoms with van der Waals surface area (Å²) in [6, 6.07) is 5.29. The molecule has 1 aromatic rings. The van der Waals surface area contributed by atoms with E-state index < -0.39 is 0 Å². The van der Waals surface area contributed by atoms with Gasteiger partial charge in [-0.2, -0.15) is 0 Å². The molecule has 0 atom stereocenters. The summed E-state index contributed by atoms with van der Waals surface area (Å²) in [5.74, 6) is 0.614. The predicted molar refractivity (Wildman–Crippen MR) is 79.7 cm³/mol. The average molecular weight is 274 g/mol. The van der Waals surface area contributed by atoms with Crippen LogP contribution in [0.3, 0.4) is 0 Å². The first kappa shape index (κ1) is 13.3. The number of hydrogen-bond donors (Lipinski definition) is 2. The van der Waals surface area contributed by atoms with E-state index in [4.69, 9.17) is 10.5 Å². The van der Waals surface area contributed by atoms with Crippen molar-refractivity contribution in [1.29, 1.82) is 0 Å². The third kappa shape index (κ3) is 2.60. The van der Waals surface area contributed by atoms with Crippen molar-refractivity contribution in [3.8, 4) is 0 Å². The molecule has 0 unspecified atom stereocenters. The third-order valence-electron chi connectivity index (χ3n) is 4.53. The maximum atomic E-state index is 11.7. The first-order valence-electron chi connectivity index (χ1n) is 7.45. The highest BCUT2D eigenvalue weighted by Gasteiger charge is 2.53. The molecule has 0 aromatic heterocycles. The molecule has 2 saturated carbocycles. The second-order valence-corrected chi connectivity index (χ2v) is 6.01. The van der Waals surface area contributed by atoms with Crippen LogP contribution in [-0.2, 0) is 4.74 Å². The van der Waals surface area contributed by atoms with E-state index in [0.717, 1.165) is 18.2 Å². The van der Waals surface area contributed by atoms with Gasteiger partial charge in [0, 0.05) is 6.54 Å². The molecule has 108 valence electrons. The van der Waals surface area contributed by atoms with Crippen LogP contribution in [0.4, 0.5) is 11.4 Å². The first-order chi connectivity index (χ1) is 9.64. The number of carbonyl (C=O) groups is 1. The van der Waals surface area contributed by atoms with Crippen molar-refractivity contribution in [3.05, 3.63) is 23.8 Å².